The van der Waals surface area contributed by atoms with Gasteiger partial charge in [-0.1, -0.05) is 12.1 Å². The minimum atomic E-state index is 0.107. The van der Waals surface area contributed by atoms with Crippen LogP contribution in [-0.4, -0.2) is 25.5 Å². The number of nitrogens with zero attached hydrogens (tertiary/aromatic N) is 1. The van der Waals surface area contributed by atoms with Gasteiger partial charge in [-0.2, -0.15) is 0 Å². The highest BCUT2D eigenvalue weighted by atomic mass is 16.2. The lowest BCUT2D eigenvalue weighted by Gasteiger charge is -2.24. The van der Waals surface area contributed by atoms with Crippen molar-refractivity contribution >= 4 is 11.6 Å². The molecule has 3 rings (SSSR count). The first kappa shape index (κ1) is 11.5. The van der Waals surface area contributed by atoms with E-state index in [-0.39, 0.29) is 5.91 Å². The predicted molar refractivity (Wildman–Crippen MR) is 71.4 cm³/mol. The molecule has 4 heteroatoms. The summed E-state index contributed by atoms with van der Waals surface area (Å²) in [6, 6.07) is 8.60. The lowest BCUT2D eigenvalue weighted by atomic mass is 9.91. The van der Waals surface area contributed by atoms with E-state index in [1.165, 1.54) is 18.4 Å². The third-order valence-electron chi connectivity index (χ3n) is 3.80. The molecule has 96 valence electrons. The molecule has 1 unspecified atom stereocenters. The van der Waals surface area contributed by atoms with Gasteiger partial charge in [0.05, 0.1) is 5.69 Å². The first-order valence-corrected chi connectivity index (χ1v) is 6.70. The number of nitrogens with one attached hydrogen (secondary N) is 2. The van der Waals surface area contributed by atoms with E-state index in [9.17, 15) is 4.79 Å². The Hall–Kier alpha value is -1.55. The largest absolute Gasteiger partial charge is 0.316 e. The van der Waals surface area contributed by atoms with Gasteiger partial charge in [0.15, 0.2) is 0 Å². The Morgan fingerprint density at radius 1 is 1.22 bits per heavy atom. The molecular formula is C14H19N3O. The number of amides is 1. The molecule has 2 saturated heterocycles. The van der Waals surface area contributed by atoms with Crippen LogP contribution in [0, 0.1) is 0 Å². The summed E-state index contributed by atoms with van der Waals surface area (Å²) in [7, 11) is 0. The molecule has 4 nitrogen and oxygen atoms in total. The van der Waals surface area contributed by atoms with Crippen LogP contribution in [0.3, 0.4) is 0 Å². The molecule has 0 aliphatic carbocycles. The first-order valence-electron chi connectivity index (χ1n) is 6.70. The van der Waals surface area contributed by atoms with E-state index in [1.54, 1.807) is 0 Å². The van der Waals surface area contributed by atoms with Crippen molar-refractivity contribution in [1.29, 1.82) is 0 Å². The number of anilines is 1. The molecule has 0 radical (unpaired) electrons. The summed E-state index contributed by atoms with van der Waals surface area (Å²) in [5.74, 6) is 0.747. The van der Waals surface area contributed by atoms with Gasteiger partial charge in [-0.05, 0) is 43.0 Å². The summed E-state index contributed by atoms with van der Waals surface area (Å²) in [6.07, 6.45) is 3.12. The van der Waals surface area contributed by atoms with E-state index in [0.29, 0.717) is 12.3 Å². The Balaban J connectivity index is 1.70. The quantitative estimate of drug-likeness (QED) is 0.827. The molecule has 2 N–H and O–H groups in total. The number of carbonyl (C=O) groups is 1. The topological polar surface area (TPSA) is 44.4 Å². The minimum Gasteiger partial charge on any atom is -0.316 e. The van der Waals surface area contributed by atoms with Crippen LogP contribution in [-0.2, 0) is 4.79 Å². The standard InChI is InChI=1S/C14H19N3O/c18-14-7-9-17(16-14)13-5-3-11(4-6-13)12-2-1-8-15-10-12/h3-6,12,15H,1-2,7-10H2,(H,16,18). The summed E-state index contributed by atoms with van der Waals surface area (Å²) in [5, 5.41) is 5.36. The van der Waals surface area contributed by atoms with E-state index in [0.717, 1.165) is 25.3 Å². The molecule has 1 amide bonds. The Bertz CT molecular complexity index is 423. The first-order chi connectivity index (χ1) is 8.83. The van der Waals surface area contributed by atoms with Crippen molar-refractivity contribution in [2.24, 2.45) is 0 Å². The summed E-state index contributed by atoms with van der Waals surface area (Å²) in [6.45, 7) is 3.00. The Labute approximate surface area is 107 Å². The molecule has 0 bridgehead atoms. The van der Waals surface area contributed by atoms with Gasteiger partial charge in [0.25, 0.3) is 0 Å². The van der Waals surface area contributed by atoms with E-state index >= 15 is 0 Å². The summed E-state index contributed by atoms with van der Waals surface area (Å²) < 4.78 is 0. The average molecular weight is 245 g/mol. The third-order valence-corrected chi connectivity index (χ3v) is 3.80. The fraction of sp³-hybridized carbons (Fsp3) is 0.500. The molecule has 18 heavy (non-hydrogen) atoms. The number of rotatable bonds is 2. The summed E-state index contributed by atoms with van der Waals surface area (Å²) in [5.41, 5.74) is 5.33. The fourth-order valence-corrected chi connectivity index (χ4v) is 2.73. The molecule has 1 atom stereocenters. The molecule has 0 spiro atoms. The van der Waals surface area contributed by atoms with Gasteiger partial charge < -0.3 is 5.32 Å². The molecule has 1 aromatic rings. The average Bonchev–Trinajstić information content (AvgIpc) is 2.87. The Morgan fingerprint density at radius 3 is 2.67 bits per heavy atom. The highest BCUT2D eigenvalue weighted by Crippen LogP contribution is 2.25. The molecule has 0 aromatic heterocycles. The third kappa shape index (κ3) is 2.34. The maximum Gasteiger partial charge on any atom is 0.240 e. The predicted octanol–water partition coefficient (Wildman–Crippen LogP) is 1.39. The number of carbonyl (C=O) groups excluding carboxylic acids is 1. The van der Waals surface area contributed by atoms with Gasteiger partial charge in [0.2, 0.25) is 5.91 Å². The second kappa shape index (κ2) is 4.98. The van der Waals surface area contributed by atoms with Gasteiger partial charge in [0, 0.05) is 19.5 Å². The van der Waals surface area contributed by atoms with E-state index in [1.807, 2.05) is 5.01 Å². The SMILES string of the molecule is O=C1CCN(c2ccc(C3CCCNC3)cc2)N1. The zero-order valence-electron chi connectivity index (χ0n) is 10.5. The van der Waals surface area contributed by atoms with E-state index < -0.39 is 0 Å². The maximum atomic E-state index is 11.2. The fourth-order valence-electron chi connectivity index (χ4n) is 2.73. The van der Waals surface area contributed by atoms with Gasteiger partial charge in [-0.25, -0.2) is 0 Å². The number of piperidine rings is 1. The van der Waals surface area contributed by atoms with Crippen molar-refractivity contribution in [2.45, 2.75) is 25.2 Å². The van der Waals surface area contributed by atoms with Crippen LogP contribution in [0.4, 0.5) is 5.69 Å². The van der Waals surface area contributed by atoms with Gasteiger partial charge in [-0.15, -0.1) is 0 Å². The van der Waals surface area contributed by atoms with Crippen LogP contribution in [0.1, 0.15) is 30.7 Å². The smallest absolute Gasteiger partial charge is 0.240 e. The number of hydrogen-bond donors (Lipinski definition) is 2. The van der Waals surface area contributed by atoms with Gasteiger partial charge in [0.1, 0.15) is 0 Å². The van der Waals surface area contributed by atoms with Crippen LogP contribution < -0.4 is 15.8 Å². The summed E-state index contributed by atoms with van der Waals surface area (Å²) in [4.78, 5) is 11.2. The maximum absolute atomic E-state index is 11.2. The second-order valence-corrected chi connectivity index (χ2v) is 5.07. The molecular weight excluding hydrogens is 226 g/mol. The molecule has 2 aliphatic rings. The van der Waals surface area contributed by atoms with Gasteiger partial charge in [-0.3, -0.25) is 15.2 Å². The molecule has 0 saturated carbocycles. The van der Waals surface area contributed by atoms with Crippen LogP contribution in [0.25, 0.3) is 0 Å². The van der Waals surface area contributed by atoms with Crippen molar-refractivity contribution < 1.29 is 4.79 Å². The van der Waals surface area contributed by atoms with E-state index in [2.05, 4.69) is 35.0 Å². The summed E-state index contributed by atoms with van der Waals surface area (Å²) >= 11 is 0. The highest BCUT2D eigenvalue weighted by Gasteiger charge is 2.19. The van der Waals surface area contributed by atoms with Crippen LogP contribution in [0.2, 0.25) is 0 Å². The van der Waals surface area contributed by atoms with Crippen molar-refractivity contribution in [3.63, 3.8) is 0 Å². The lowest BCUT2D eigenvalue weighted by molar-refractivity contribution is -0.119. The minimum absolute atomic E-state index is 0.107. The number of hydrogen-bond acceptors (Lipinski definition) is 3. The lowest BCUT2D eigenvalue weighted by Crippen LogP contribution is -2.33. The zero-order chi connectivity index (χ0) is 12.4. The van der Waals surface area contributed by atoms with Crippen LogP contribution in [0.15, 0.2) is 24.3 Å². The second-order valence-electron chi connectivity index (χ2n) is 5.07. The van der Waals surface area contributed by atoms with Crippen LogP contribution >= 0.6 is 0 Å². The van der Waals surface area contributed by atoms with Crippen molar-refractivity contribution in [3.8, 4) is 0 Å². The van der Waals surface area contributed by atoms with Crippen molar-refractivity contribution in [2.75, 3.05) is 24.6 Å². The Morgan fingerprint density at radius 2 is 2.06 bits per heavy atom. The van der Waals surface area contributed by atoms with Gasteiger partial charge >= 0.3 is 0 Å². The Kier molecular flexibility index (Phi) is 3.19. The van der Waals surface area contributed by atoms with Crippen molar-refractivity contribution in [3.05, 3.63) is 29.8 Å². The molecule has 1 aromatic carbocycles. The molecule has 2 heterocycles. The van der Waals surface area contributed by atoms with E-state index in [4.69, 9.17) is 0 Å². The zero-order valence-corrected chi connectivity index (χ0v) is 10.5. The van der Waals surface area contributed by atoms with Crippen LogP contribution in [0.5, 0.6) is 0 Å². The molecule has 2 aliphatic heterocycles. The highest BCUT2D eigenvalue weighted by molar-refractivity contribution is 5.81. The van der Waals surface area contributed by atoms with Crippen molar-refractivity contribution in [1.82, 2.24) is 10.7 Å². The monoisotopic (exact) mass is 245 g/mol. The normalized spacial score (nSPS) is 24.1. The molecule has 2 fully saturated rings. The number of benzene rings is 1. The number of hydrazine groups is 1.